The summed E-state index contributed by atoms with van der Waals surface area (Å²) < 4.78 is 9.52. The van der Waals surface area contributed by atoms with E-state index in [-0.39, 0.29) is 13.2 Å². The summed E-state index contributed by atoms with van der Waals surface area (Å²) in [6.45, 7) is 6.27. The number of carboxylic acids is 1. The largest absolute Gasteiger partial charge is 0.478 e. The Hall–Kier alpha value is -2.89. The Bertz CT molecular complexity index is 492. The predicted octanol–water partition coefficient (Wildman–Crippen LogP) is 1.83. The van der Waals surface area contributed by atoms with Crippen molar-refractivity contribution in [3.05, 3.63) is 61.2 Å². The van der Waals surface area contributed by atoms with Crippen molar-refractivity contribution in [1.82, 2.24) is 0 Å². The first-order chi connectivity index (χ1) is 10.0. The van der Waals surface area contributed by atoms with Gasteiger partial charge in [0.25, 0.3) is 0 Å². The van der Waals surface area contributed by atoms with E-state index in [0.717, 1.165) is 12.2 Å². The maximum Gasteiger partial charge on any atom is 0.338 e. The van der Waals surface area contributed by atoms with Crippen LogP contribution in [0.15, 0.2) is 55.6 Å². The molecule has 0 aliphatic heterocycles. The summed E-state index contributed by atoms with van der Waals surface area (Å²) in [4.78, 5) is 31.3. The lowest BCUT2D eigenvalue weighted by molar-refractivity contribution is -0.138. The molecule has 0 aliphatic carbocycles. The summed E-state index contributed by atoms with van der Waals surface area (Å²) in [6.07, 6.45) is 1.89. The van der Waals surface area contributed by atoms with Gasteiger partial charge in [-0.15, -0.1) is 0 Å². The zero-order valence-corrected chi connectivity index (χ0v) is 11.4. The molecule has 0 saturated heterocycles. The van der Waals surface area contributed by atoms with Crippen molar-refractivity contribution in [3.8, 4) is 0 Å². The first-order valence-electron chi connectivity index (χ1n) is 5.88. The van der Waals surface area contributed by atoms with Crippen LogP contribution in [0.3, 0.4) is 0 Å². The lowest BCUT2D eigenvalue weighted by Gasteiger charge is -2.04. The van der Waals surface area contributed by atoms with Gasteiger partial charge in [-0.05, 0) is 12.1 Å². The van der Waals surface area contributed by atoms with Gasteiger partial charge >= 0.3 is 17.9 Å². The number of hydrogen-bond donors (Lipinski definition) is 1. The van der Waals surface area contributed by atoms with Crippen molar-refractivity contribution in [2.45, 2.75) is 0 Å². The molecule has 6 nitrogen and oxygen atoms in total. The second-order valence-corrected chi connectivity index (χ2v) is 3.42. The lowest BCUT2D eigenvalue weighted by atomic mass is 10.2. The molecule has 1 aromatic rings. The molecule has 0 aliphatic rings. The fourth-order valence-electron chi connectivity index (χ4n) is 0.993. The highest BCUT2D eigenvalue weighted by molar-refractivity contribution is 5.89. The summed E-state index contributed by atoms with van der Waals surface area (Å²) in [5, 5.41) is 7.60. The molecule has 1 N–H and O–H groups in total. The van der Waals surface area contributed by atoms with Gasteiger partial charge in [0.15, 0.2) is 0 Å². The molecule has 1 rings (SSSR count). The van der Waals surface area contributed by atoms with Crippen molar-refractivity contribution >= 4 is 17.9 Å². The quantitative estimate of drug-likeness (QED) is 0.489. The van der Waals surface area contributed by atoms with Crippen LogP contribution in [0.25, 0.3) is 0 Å². The number of rotatable bonds is 6. The van der Waals surface area contributed by atoms with Crippen molar-refractivity contribution in [2.24, 2.45) is 0 Å². The molecule has 0 saturated carbocycles. The number of carbonyl (C=O) groups is 3. The molecular formula is C15H16O6. The van der Waals surface area contributed by atoms with Gasteiger partial charge in [0.05, 0.1) is 5.56 Å². The molecule has 0 atom stereocenters. The molecule has 0 unspecified atom stereocenters. The number of carboxylic acid groups (broad SMARTS) is 1. The maximum atomic E-state index is 11.4. The van der Waals surface area contributed by atoms with Gasteiger partial charge in [0.2, 0.25) is 0 Å². The van der Waals surface area contributed by atoms with E-state index in [9.17, 15) is 14.4 Å². The minimum atomic E-state index is -0.981. The van der Waals surface area contributed by atoms with E-state index < -0.39 is 17.9 Å². The lowest BCUT2D eigenvalue weighted by Crippen LogP contribution is -2.12. The Morgan fingerprint density at radius 2 is 1.52 bits per heavy atom. The average Bonchev–Trinajstić information content (AvgIpc) is 2.52. The van der Waals surface area contributed by atoms with Crippen molar-refractivity contribution < 1.29 is 29.0 Å². The fourth-order valence-corrected chi connectivity index (χ4v) is 0.993. The van der Waals surface area contributed by atoms with E-state index in [0.29, 0.717) is 5.56 Å². The monoisotopic (exact) mass is 292 g/mol. The van der Waals surface area contributed by atoms with Crippen molar-refractivity contribution in [1.29, 1.82) is 0 Å². The van der Waals surface area contributed by atoms with E-state index >= 15 is 0 Å². The molecule has 0 radical (unpaired) electrons. The Morgan fingerprint density at radius 3 is 2.00 bits per heavy atom. The SMILES string of the molecule is C=CC(=O)O.C=CC(=O)OCCOC(=O)c1ccccc1. The first-order valence-corrected chi connectivity index (χ1v) is 5.88. The van der Waals surface area contributed by atoms with Crippen LogP contribution in [0, 0.1) is 0 Å². The Kier molecular flexibility index (Phi) is 9.47. The van der Waals surface area contributed by atoms with Gasteiger partial charge in [-0.2, -0.15) is 0 Å². The minimum Gasteiger partial charge on any atom is -0.478 e. The van der Waals surface area contributed by atoms with E-state index in [2.05, 4.69) is 17.9 Å². The third-order valence-corrected chi connectivity index (χ3v) is 1.91. The zero-order valence-electron chi connectivity index (χ0n) is 11.4. The van der Waals surface area contributed by atoms with Gasteiger partial charge in [-0.1, -0.05) is 31.4 Å². The highest BCUT2D eigenvalue weighted by atomic mass is 16.6. The van der Waals surface area contributed by atoms with E-state index in [1.807, 2.05) is 6.07 Å². The van der Waals surface area contributed by atoms with Crippen LogP contribution >= 0.6 is 0 Å². The van der Waals surface area contributed by atoms with Crippen LogP contribution in [0.5, 0.6) is 0 Å². The number of ether oxygens (including phenoxy) is 2. The molecule has 0 amide bonds. The summed E-state index contributed by atoms with van der Waals surface area (Å²) in [6, 6.07) is 8.60. The smallest absolute Gasteiger partial charge is 0.338 e. The van der Waals surface area contributed by atoms with Gasteiger partial charge in [-0.25, -0.2) is 14.4 Å². The molecule has 0 bridgehead atoms. The highest BCUT2D eigenvalue weighted by Gasteiger charge is 2.05. The van der Waals surface area contributed by atoms with Gasteiger partial charge in [0, 0.05) is 12.2 Å². The number of hydrogen-bond acceptors (Lipinski definition) is 5. The molecule has 0 spiro atoms. The molecule has 21 heavy (non-hydrogen) atoms. The summed E-state index contributed by atoms with van der Waals surface area (Å²) >= 11 is 0. The molecule has 0 fully saturated rings. The summed E-state index contributed by atoms with van der Waals surface area (Å²) in [5.74, 6) is -1.95. The topological polar surface area (TPSA) is 89.9 Å². The minimum absolute atomic E-state index is 0.0312. The zero-order chi connectivity index (χ0) is 16.1. The number of benzene rings is 1. The number of esters is 2. The molecule has 112 valence electrons. The van der Waals surface area contributed by atoms with Gasteiger partial charge in [0.1, 0.15) is 13.2 Å². The molecular weight excluding hydrogens is 276 g/mol. The van der Waals surface area contributed by atoms with Crippen LogP contribution in [-0.4, -0.2) is 36.2 Å². The Labute approximate surface area is 122 Å². The van der Waals surface area contributed by atoms with Crippen LogP contribution in [0.4, 0.5) is 0 Å². The number of carbonyl (C=O) groups excluding carboxylic acids is 2. The van der Waals surface area contributed by atoms with Crippen molar-refractivity contribution in [3.63, 3.8) is 0 Å². The normalized spacial score (nSPS) is 8.57. The van der Waals surface area contributed by atoms with Gasteiger partial charge < -0.3 is 14.6 Å². The van der Waals surface area contributed by atoms with E-state index in [1.54, 1.807) is 24.3 Å². The number of aliphatic carboxylic acids is 1. The molecule has 0 aromatic heterocycles. The van der Waals surface area contributed by atoms with Crippen LogP contribution < -0.4 is 0 Å². The molecule has 6 heteroatoms. The van der Waals surface area contributed by atoms with Crippen molar-refractivity contribution in [2.75, 3.05) is 13.2 Å². The Morgan fingerprint density at radius 1 is 1.00 bits per heavy atom. The fraction of sp³-hybridized carbons (Fsp3) is 0.133. The predicted molar refractivity (Wildman–Crippen MR) is 75.7 cm³/mol. The third-order valence-electron chi connectivity index (χ3n) is 1.91. The van der Waals surface area contributed by atoms with Crippen LogP contribution in [-0.2, 0) is 19.1 Å². The third kappa shape index (κ3) is 9.66. The second kappa shape index (κ2) is 11.0. The molecule has 1 aromatic carbocycles. The standard InChI is InChI=1S/C12H12O4.C3H4O2/c1-2-11(13)15-8-9-16-12(14)10-6-4-3-5-7-10;1-2-3(4)5/h2-7H,1,8-9H2;2H,1H2,(H,4,5). The molecule has 0 heterocycles. The highest BCUT2D eigenvalue weighted by Crippen LogP contribution is 2.00. The second-order valence-electron chi connectivity index (χ2n) is 3.42. The maximum absolute atomic E-state index is 11.4. The van der Waals surface area contributed by atoms with E-state index in [4.69, 9.17) is 9.84 Å². The Balaban J connectivity index is 0.000000690. The summed E-state index contributed by atoms with van der Waals surface area (Å²) in [7, 11) is 0. The summed E-state index contributed by atoms with van der Waals surface area (Å²) in [5.41, 5.74) is 0.470. The first kappa shape index (κ1) is 18.1. The van der Waals surface area contributed by atoms with Crippen LogP contribution in [0.2, 0.25) is 0 Å². The van der Waals surface area contributed by atoms with Crippen LogP contribution in [0.1, 0.15) is 10.4 Å². The average molecular weight is 292 g/mol. The van der Waals surface area contributed by atoms with E-state index in [1.165, 1.54) is 0 Å². The van der Waals surface area contributed by atoms with Gasteiger partial charge in [-0.3, -0.25) is 0 Å².